The van der Waals surface area contributed by atoms with E-state index in [2.05, 4.69) is 15.6 Å². The van der Waals surface area contributed by atoms with Crippen molar-refractivity contribution in [1.29, 1.82) is 0 Å². The van der Waals surface area contributed by atoms with Gasteiger partial charge in [0.1, 0.15) is 12.1 Å². The highest BCUT2D eigenvalue weighted by Crippen LogP contribution is 2.33. The van der Waals surface area contributed by atoms with E-state index in [0.717, 1.165) is 12.0 Å². The summed E-state index contributed by atoms with van der Waals surface area (Å²) in [4.78, 5) is 57.0. The average molecular weight is 509 g/mol. The maximum Gasteiger partial charge on any atom is 0.408 e. The molecular formula is C28H36N4O5. The van der Waals surface area contributed by atoms with E-state index in [1.807, 2.05) is 51.1 Å². The predicted molar refractivity (Wildman–Crippen MR) is 139 cm³/mol. The number of hydrogen-bond acceptors (Lipinski definition) is 6. The second-order valence-corrected chi connectivity index (χ2v) is 10.1. The summed E-state index contributed by atoms with van der Waals surface area (Å²) in [6.07, 6.45) is 3.50. The van der Waals surface area contributed by atoms with E-state index in [4.69, 9.17) is 4.74 Å². The molecule has 2 aromatic rings. The topological polar surface area (TPSA) is 118 Å². The number of nitrogens with one attached hydrogen (secondary N) is 2. The number of nitrogens with zero attached hydrogens (tertiary/aromatic N) is 2. The molecule has 198 valence electrons. The maximum absolute atomic E-state index is 13.0. The molecule has 1 saturated heterocycles. The number of pyridine rings is 1. The Morgan fingerprint density at radius 3 is 2.49 bits per heavy atom. The first kappa shape index (κ1) is 27.8. The lowest BCUT2D eigenvalue weighted by atomic mass is 9.90. The Labute approximate surface area is 218 Å². The summed E-state index contributed by atoms with van der Waals surface area (Å²) < 4.78 is 5.69. The number of rotatable bonds is 10. The Balaban J connectivity index is 1.61. The third kappa shape index (κ3) is 7.38. The molecule has 9 heteroatoms. The van der Waals surface area contributed by atoms with Crippen LogP contribution in [0.1, 0.15) is 68.9 Å². The number of hydrogen-bond donors (Lipinski definition) is 2. The molecule has 3 rings (SSSR count). The Morgan fingerprint density at radius 2 is 1.84 bits per heavy atom. The molecule has 0 bridgehead atoms. The van der Waals surface area contributed by atoms with Crippen molar-refractivity contribution in [3.63, 3.8) is 0 Å². The summed E-state index contributed by atoms with van der Waals surface area (Å²) in [7, 11) is 0. The number of aromatic nitrogens is 1. The first-order chi connectivity index (χ1) is 17.6. The third-order valence-electron chi connectivity index (χ3n) is 6.63. The Bertz CT molecular complexity index is 1090. The second kappa shape index (κ2) is 12.5. The minimum Gasteiger partial charge on any atom is -0.444 e. The van der Waals surface area contributed by atoms with Crippen LogP contribution in [0.15, 0.2) is 54.9 Å². The Kier molecular flexibility index (Phi) is 9.38. The van der Waals surface area contributed by atoms with Crippen molar-refractivity contribution in [3.05, 3.63) is 66.0 Å². The largest absolute Gasteiger partial charge is 0.444 e. The lowest BCUT2D eigenvalue weighted by Gasteiger charge is -2.26. The van der Waals surface area contributed by atoms with Crippen molar-refractivity contribution < 1.29 is 23.9 Å². The molecular weight excluding hydrogens is 472 g/mol. The molecule has 3 atom stereocenters. The van der Waals surface area contributed by atoms with E-state index in [0.29, 0.717) is 24.9 Å². The molecule has 0 saturated carbocycles. The molecule has 1 fully saturated rings. The monoisotopic (exact) mass is 508 g/mol. The highest BCUT2D eigenvalue weighted by Gasteiger charge is 2.44. The zero-order chi connectivity index (χ0) is 27.0. The maximum atomic E-state index is 13.0. The van der Waals surface area contributed by atoms with Gasteiger partial charge in [0, 0.05) is 24.4 Å². The first-order valence-electron chi connectivity index (χ1n) is 12.7. The van der Waals surface area contributed by atoms with Crippen LogP contribution in [0.2, 0.25) is 0 Å². The molecule has 1 aromatic carbocycles. The quantitative estimate of drug-likeness (QED) is 0.473. The van der Waals surface area contributed by atoms with Gasteiger partial charge in [0.05, 0.1) is 18.2 Å². The van der Waals surface area contributed by atoms with Crippen molar-refractivity contribution in [2.75, 3.05) is 13.1 Å². The fourth-order valence-electron chi connectivity index (χ4n) is 4.36. The number of amides is 3. The molecule has 1 aromatic heterocycles. The summed E-state index contributed by atoms with van der Waals surface area (Å²) in [5.74, 6) is -1.66. The summed E-state index contributed by atoms with van der Waals surface area (Å²) >= 11 is 0. The van der Waals surface area contributed by atoms with Gasteiger partial charge in [-0.1, -0.05) is 63.9 Å². The smallest absolute Gasteiger partial charge is 0.408 e. The van der Waals surface area contributed by atoms with Gasteiger partial charge in [-0.15, -0.1) is 0 Å². The number of ketones is 1. The van der Waals surface area contributed by atoms with Gasteiger partial charge in [-0.3, -0.25) is 19.4 Å². The molecule has 2 N–H and O–H groups in total. The molecule has 1 aliphatic heterocycles. The number of benzene rings is 1. The fraction of sp³-hybridized carbons (Fsp3) is 0.464. The third-order valence-corrected chi connectivity index (χ3v) is 6.63. The summed E-state index contributed by atoms with van der Waals surface area (Å²) in [5.41, 5.74) is 0.833. The van der Waals surface area contributed by atoms with E-state index in [1.165, 1.54) is 6.20 Å². The molecule has 9 nitrogen and oxygen atoms in total. The van der Waals surface area contributed by atoms with E-state index in [-0.39, 0.29) is 18.5 Å². The van der Waals surface area contributed by atoms with Gasteiger partial charge in [0.15, 0.2) is 0 Å². The van der Waals surface area contributed by atoms with Crippen molar-refractivity contribution in [3.8, 4) is 0 Å². The van der Waals surface area contributed by atoms with Crippen LogP contribution >= 0.6 is 0 Å². The fourth-order valence-corrected chi connectivity index (χ4v) is 4.36. The van der Waals surface area contributed by atoms with Crippen molar-refractivity contribution >= 4 is 23.7 Å². The van der Waals surface area contributed by atoms with E-state index >= 15 is 0 Å². The van der Waals surface area contributed by atoms with Gasteiger partial charge in [-0.2, -0.15) is 0 Å². The lowest BCUT2D eigenvalue weighted by molar-refractivity contribution is -0.139. The van der Waals surface area contributed by atoms with Crippen LogP contribution in [-0.2, 0) is 14.3 Å². The zero-order valence-corrected chi connectivity index (χ0v) is 21.9. The second-order valence-electron chi connectivity index (χ2n) is 10.1. The van der Waals surface area contributed by atoms with Crippen molar-refractivity contribution in [2.24, 2.45) is 5.41 Å². The number of ether oxygens (including phenoxy) is 1. The van der Waals surface area contributed by atoms with Crippen LogP contribution in [0.5, 0.6) is 0 Å². The van der Waals surface area contributed by atoms with Crippen LogP contribution < -0.4 is 10.6 Å². The van der Waals surface area contributed by atoms with Crippen LogP contribution in [-0.4, -0.2) is 58.8 Å². The van der Waals surface area contributed by atoms with Gasteiger partial charge in [0.25, 0.3) is 11.8 Å². The van der Waals surface area contributed by atoms with E-state index in [1.54, 1.807) is 30.2 Å². The number of carbonyl (C=O) groups excluding carboxylic acids is 4. The summed E-state index contributed by atoms with van der Waals surface area (Å²) in [6, 6.07) is 11.3. The predicted octanol–water partition coefficient (Wildman–Crippen LogP) is 3.66. The van der Waals surface area contributed by atoms with Gasteiger partial charge in [0.2, 0.25) is 5.78 Å². The van der Waals surface area contributed by atoms with E-state index < -0.39 is 35.3 Å². The van der Waals surface area contributed by atoms with Crippen molar-refractivity contribution in [1.82, 2.24) is 20.5 Å². The Hall–Kier alpha value is -3.75. The van der Waals surface area contributed by atoms with E-state index in [9.17, 15) is 19.2 Å². The average Bonchev–Trinajstić information content (AvgIpc) is 3.19. The number of carbonyl (C=O) groups is 4. The van der Waals surface area contributed by atoms with Gasteiger partial charge >= 0.3 is 6.09 Å². The minimum atomic E-state index is -1.01. The first-order valence-corrected chi connectivity index (χ1v) is 12.7. The van der Waals surface area contributed by atoms with Crippen LogP contribution in [0.4, 0.5) is 4.79 Å². The van der Waals surface area contributed by atoms with Gasteiger partial charge < -0.3 is 20.3 Å². The SMILES string of the molecule is CCCC[C@H](NC(=O)O[C@H]1CN(C(=O)c2cccnc2)CC1(C)C)C(=O)C(=O)N[C@H](C)c1ccccc1. The molecule has 0 spiro atoms. The number of unbranched alkanes of at least 4 members (excludes halogenated alkanes) is 1. The van der Waals surface area contributed by atoms with Crippen molar-refractivity contribution in [2.45, 2.75) is 65.1 Å². The lowest BCUT2D eigenvalue weighted by Crippen LogP contribution is -2.49. The van der Waals surface area contributed by atoms with Gasteiger partial charge in [-0.05, 0) is 31.0 Å². The van der Waals surface area contributed by atoms with Crippen LogP contribution in [0.25, 0.3) is 0 Å². The number of Topliss-reactive ketones (excluding diaryl/α,β-unsaturated/α-hetero) is 1. The summed E-state index contributed by atoms with van der Waals surface area (Å²) in [6.45, 7) is 8.21. The highest BCUT2D eigenvalue weighted by molar-refractivity contribution is 6.38. The normalized spacial score (nSPS) is 17.9. The van der Waals surface area contributed by atoms with Gasteiger partial charge in [-0.25, -0.2) is 4.79 Å². The van der Waals surface area contributed by atoms with Crippen LogP contribution in [0.3, 0.4) is 0 Å². The zero-order valence-electron chi connectivity index (χ0n) is 21.9. The molecule has 0 unspecified atom stereocenters. The molecule has 37 heavy (non-hydrogen) atoms. The Morgan fingerprint density at radius 1 is 1.11 bits per heavy atom. The summed E-state index contributed by atoms with van der Waals surface area (Å²) in [5, 5.41) is 5.32. The molecule has 2 heterocycles. The standard InChI is InChI=1S/C28H36N4O5/c1-5-6-14-22(24(33)25(34)30-19(2)20-11-8-7-9-12-20)31-27(36)37-23-17-32(18-28(23,3)4)26(35)21-13-10-15-29-16-21/h7-13,15-16,19,22-23H,5-6,14,17-18H2,1-4H3,(H,30,34)(H,31,36)/t19-,22+,23+/m1/s1. The van der Waals surface area contributed by atoms with Crippen LogP contribution in [0, 0.1) is 5.41 Å². The number of alkyl carbamates (subject to hydrolysis) is 1. The molecule has 0 radical (unpaired) electrons. The number of likely N-dealkylation sites (tertiary alicyclic amines) is 1. The highest BCUT2D eigenvalue weighted by atomic mass is 16.6. The minimum absolute atomic E-state index is 0.187. The molecule has 0 aliphatic carbocycles. The molecule has 1 aliphatic rings. The molecule has 3 amide bonds.